The smallest absolute Gasteiger partial charge is 0.239 e. The van der Waals surface area contributed by atoms with Crippen LogP contribution in [-0.2, 0) is 14.8 Å². The quantitative estimate of drug-likeness (QED) is 0.619. The van der Waals surface area contributed by atoms with Gasteiger partial charge in [0.2, 0.25) is 21.9 Å². The van der Waals surface area contributed by atoms with Crippen molar-refractivity contribution in [1.29, 1.82) is 0 Å². The molecular formula is C9H12F2N2O3S. The Kier molecular flexibility index (Phi) is 4.76. The van der Waals surface area contributed by atoms with E-state index in [0.29, 0.717) is 6.61 Å². The fourth-order valence-corrected chi connectivity index (χ4v) is 1.95. The fourth-order valence-electron chi connectivity index (χ4n) is 1.02. The number of hydrogen-bond acceptors (Lipinski definition) is 4. The van der Waals surface area contributed by atoms with Crippen LogP contribution in [0.4, 0.5) is 14.5 Å². The van der Waals surface area contributed by atoms with Crippen LogP contribution in [0.5, 0.6) is 0 Å². The summed E-state index contributed by atoms with van der Waals surface area (Å²) in [6.45, 7) is 2.12. The van der Waals surface area contributed by atoms with Crippen LogP contribution in [-0.4, -0.2) is 32.4 Å². The van der Waals surface area contributed by atoms with E-state index in [2.05, 4.69) is 4.98 Å². The minimum absolute atomic E-state index is 0.00206. The van der Waals surface area contributed by atoms with Crippen LogP contribution >= 0.6 is 0 Å². The van der Waals surface area contributed by atoms with Gasteiger partial charge in [0.15, 0.2) is 0 Å². The molecule has 0 aliphatic rings. The highest BCUT2D eigenvalue weighted by atomic mass is 32.2. The van der Waals surface area contributed by atoms with Crippen LogP contribution in [0.1, 0.15) is 6.92 Å². The molecule has 1 aromatic heterocycles. The van der Waals surface area contributed by atoms with Gasteiger partial charge in [0, 0.05) is 6.61 Å². The summed E-state index contributed by atoms with van der Waals surface area (Å²) < 4.78 is 55.2. The van der Waals surface area contributed by atoms with Gasteiger partial charge >= 0.3 is 0 Å². The van der Waals surface area contributed by atoms with Crippen LogP contribution < -0.4 is 4.72 Å². The Balaban J connectivity index is 2.69. The first-order chi connectivity index (χ1) is 7.94. The van der Waals surface area contributed by atoms with E-state index in [1.807, 2.05) is 4.72 Å². The van der Waals surface area contributed by atoms with Crippen LogP contribution in [0.15, 0.2) is 12.1 Å². The Hall–Kier alpha value is -1.28. The maximum absolute atomic E-state index is 13.1. The molecule has 1 N–H and O–H groups in total. The molecular weight excluding hydrogens is 254 g/mol. The molecule has 0 spiro atoms. The highest BCUT2D eigenvalue weighted by Crippen LogP contribution is 2.13. The van der Waals surface area contributed by atoms with Crippen LogP contribution in [0.25, 0.3) is 0 Å². The molecule has 0 bridgehead atoms. The Morgan fingerprint density at radius 1 is 1.41 bits per heavy atom. The molecule has 1 rings (SSSR count). The fraction of sp³-hybridized carbons (Fsp3) is 0.444. The summed E-state index contributed by atoms with van der Waals surface area (Å²) in [7, 11) is -3.72. The van der Waals surface area contributed by atoms with Gasteiger partial charge < -0.3 is 4.74 Å². The molecule has 0 saturated carbocycles. The normalized spacial score (nSPS) is 11.5. The first-order valence-electron chi connectivity index (χ1n) is 4.85. The molecule has 0 radical (unpaired) electrons. The second-order valence-electron chi connectivity index (χ2n) is 3.09. The zero-order valence-corrected chi connectivity index (χ0v) is 9.93. The van der Waals surface area contributed by atoms with Gasteiger partial charge in [0.25, 0.3) is 0 Å². The number of hydrogen-bond donors (Lipinski definition) is 1. The van der Waals surface area contributed by atoms with Crippen molar-refractivity contribution in [2.75, 3.05) is 23.7 Å². The van der Waals surface area contributed by atoms with Crippen molar-refractivity contribution < 1.29 is 21.9 Å². The Morgan fingerprint density at radius 3 is 2.71 bits per heavy atom. The van der Waals surface area contributed by atoms with E-state index in [1.165, 1.54) is 0 Å². The van der Waals surface area contributed by atoms with Gasteiger partial charge in [0.1, 0.15) is 5.69 Å². The van der Waals surface area contributed by atoms with E-state index in [0.717, 1.165) is 12.1 Å². The highest BCUT2D eigenvalue weighted by molar-refractivity contribution is 7.92. The van der Waals surface area contributed by atoms with E-state index >= 15 is 0 Å². The Labute approximate surface area is 97.9 Å². The predicted octanol–water partition coefficient (Wildman–Crippen LogP) is 1.14. The number of pyridine rings is 1. The van der Waals surface area contributed by atoms with Gasteiger partial charge in [-0.1, -0.05) is 0 Å². The number of nitrogens with one attached hydrogen (secondary N) is 1. The third kappa shape index (κ3) is 4.61. The van der Waals surface area contributed by atoms with E-state index in [-0.39, 0.29) is 18.0 Å². The summed E-state index contributed by atoms with van der Waals surface area (Å²) in [5.41, 5.74) is -0.386. The number of rotatable bonds is 6. The summed E-state index contributed by atoms with van der Waals surface area (Å²) in [6, 6.07) is 1.83. The molecule has 5 nitrogen and oxygen atoms in total. The number of anilines is 1. The van der Waals surface area contributed by atoms with E-state index in [1.54, 1.807) is 6.92 Å². The number of halogens is 2. The van der Waals surface area contributed by atoms with E-state index in [4.69, 9.17) is 4.74 Å². The Bertz CT molecular complexity index is 479. The van der Waals surface area contributed by atoms with Crippen molar-refractivity contribution in [3.05, 3.63) is 24.0 Å². The van der Waals surface area contributed by atoms with Gasteiger partial charge in [-0.2, -0.15) is 13.8 Å². The van der Waals surface area contributed by atoms with Crippen molar-refractivity contribution in [3.8, 4) is 0 Å². The molecule has 17 heavy (non-hydrogen) atoms. The van der Waals surface area contributed by atoms with Crippen LogP contribution in [0, 0.1) is 11.9 Å². The van der Waals surface area contributed by atoms with E-state index < -0.39 is 21.9 Å². The maximum Gasteiger partial charge on any atom is 0.239 e. The molecule has 8 heteroatoms. The summed E-state index contributed by atoms with van der Waals surface area (Å²) in [6.07, 6.45) is 0. The lowest BCUT2D eigenvalue weighted by Crippen LogP contribution is -2.21. The van der Waals surface area contributed by atoms with Crippen molar-refractivity contribution in [2.24, 2.45) is 0 Å². The SMILES string of the molecule is CCOCCS(=O)(=O)Nc1ccc(F)nc1F. The zero-order valence-electron chi connectivity index (χ0n) is 9.11. The number of aromatic nitrogens is 1. The van der Waals surface area contributed by atoms with Crippen molar-refractivity contribution in [2.45, 2.75) is 6.92 Å². The first-order valence-corrected chi connectivity index (χ1v) is 6.50. The zero-order chi connectivity index (χ0) is 12.9. The Morgan fingerprint density at radius 2 is 2.12 bits per heavy atom. The second-order valence-corrected chi connectivity index (χ2v) is 4.93. The molecule has 1 heterocycles. The molecule has 0 fully saturated rings. The topological polar surface area (TPSA) is 68.3 Å². The number of nitrogens with zero attached hydrogens (tertiary/aromatic N) is 1. The average molecular weight is 266 g/mol. The molecule has 0 aliphatic heterocycles. The summed E-state index contributed by atoms with van der Waals surface area (Å²) >= 11 is 0. The van der Waals surface area contributed by atoms with Crippen molar-refractivity contribution in [1.82, 2.24) is 4.98 Å². The lowest BCUT2D eigenvalue weighted by atomic mass is 10.4. The van der Waals surface area contributed by atoms with E-state index in [9.17, 15) is 17.2 Å². The molecule has 96 valence electrons. The van der Waals surface area contributed by atoms with Crippen LogP contribution in [0.2, 0.25) is 0 Å². The average Bonchev–Trinajstić information content (AvgIpc) is 2.22. The summed E-state index contributed by atoms with van der Waals surface area (Å²) in [4.78, 5) is 2.86. The maximum atomic E-state index is 13.1. The summed E-state index contributed by atoms with van der Waals surface area (Å²) in [5, 5.41) is 0. The second kappa shape index (κ2) is 5.87. The minimum atomic E-state index is -3.72. The molecule has 0 atom stereocenters. The molecule has 0 saturated heterocycles. The third-order valence-corrected chi connectivity index (χ3v) is 3.02. The first kappa shape index (κ1) is 13.8. The van der Waals surface area contributed by atoms with Crippen molar-refractivity contribution in [3.63, 3.8) is 0 Å². The van der Waals surface area contributed by atoms with Gasteiger partial charge in [-0.05, 0) is 19.1 Å². The van der Waals surface area contributed by atoms with Gasteiger partial charge in [-0.25, -0.2) is 8.42 Å². The van der Waals surface area contributed by atoms with Gasteiger partial charge in [0.05, 0.1) is 12.4 Å². The lowest BCUT2D eigenvalue weighted by Gasteiger charge is -2.08. The molecule has 0 aromatic carbocycles. The molecule has 0 amide bonds. The molecule has 0 unspecified atom stereocenters. The highest BCUT2D eigenvalue weighted by Gasteiger charge is 2.14. The summed E-state index contributed by atoms with van der Waals surface area (Å²) in [5.74, 6) is -2.53. The predicted molar refractivity (Wildman–Crippen MR) is 58.1 cm³/mol. The number of sulfonamides is 1. The standard InChI is InChI=1S/C9H12F2N2O3S/c1-2-16-5-6-17(14,15)13-7-3-4-8(10)12-9(7)11/h3-4,13H,2,5-6H2,1H3. The van der Waals surface area contributed by atoms with Crippen molar-refractivity contribution >= 4 is 15.7 Å². The van der Waals surface area contributed by atoms with Gasteiger partial charge in [-0.15, -0.1) is 0 Å². The molecule has 0 aliphatic carbocycles. The lowest BCUT2D eigenvalue weighted by molar-refractivity contribution is 0.163. The largest absolute Gasteiger partial charge is 0.381 e. The molecule has 1 aromatic rings. The number of ether oxygens (including phenoxy) is 1. The van der Waals surface area contributed by atoms with Crippen LogP contribution in [0.3, 0.4) is 0 Å². The minimum Gasteiger partial charge on any atom is -0.381 e. The third-order valence-electron chi connectivity index (χ3n) is 1.78. The monoisotopic (exact) mass is 266 g/mol. The van der Waals surface area contributed by atoms with Gasteiger partial charge in [-0.3, -0.25) is 4.72 Å².